The predicted molar refractivity (Wildman–Crippen MR) is 84.7 cm³/mol. The molecule has 0 amide bonds. The quantitative estimate of drug-likeness (QED) is 0.818. The average molecular weight is 292 g/mol. The molecule has 0 spiro atoms. The minimum Gasteiger partial charge on any atom is -0.379 e. The summed E-state index contributed by atoms with van der Waals surface area (Å²) in [6, 6.07) is 0.656. The van der Waals surface area contributed by atoms with Crippen LogP contribution < -0.4 is 5.32 Å². The molecule has 0 unspecified atom stereocenters. The van der Waals surface area contributed by atoms with Crippen molar-refractivity contribution in [3.05, 3.63) is 12.4 Å². The van der Waals surface area contributed by atoms with Crippen molar-refractivity contribution in [3.8, 4) is 0 Å². The Balaban J connectivity index is 1.41. The third-order valence-corrected chi connectivity index (χ3v) is 4.67. The van der Waals surface area contributed by atoms with Gasteiger partial charge in [-0.2, -0.15) is 0 Å². The summed E-state index contributed by atoms with van der Waals surface area (Å²) in [5, 5.41) is 3.52. The molecule has 21 heavy (non-hydrogen) atoms. The molecule has 1 saturated carbocycles. The van der Waals surface area contributed by atoms with Crippen molar-refractivity contribution in [2.24, 2.45) is 0 Å². The summed E-state index contributed by atoms with van der Waals surface area (Å²) in [5.41, 5.74) is 0. The lowest BCUT2D eigenvalue weighted by atomic mass is 9.95. The Kier molecular flexibility index (Phi) is 5.52. The highest BCUT2D eigenvalue weighted by molar-refractivity contribution is 5.26. The third kappa shape index (κ3) is 4.20. The normalized spacial score (nSPS) is 21.5. The molecule has 2 fully saturated rings. The van der Waals surface area contributed by atoms with Crippen LogP contribution in [-0.4, -0.2) is 53.8 Å². The summed E-state index contributed by atoms with van der Waals surface area (Å²) in [6.07, 6.45) is 12.0. The van der Waals surface area contributed by atoms with E-state index in [2.05, 4.69) is 26.0 Å². The lowest BCUT2D eigenvalue weighted by Gasteiger charge is -2.27. The predicted octanol–water partition coefficient (Wildman–Crippen LogP) is 2.52. The minimum absolute atomic E-state index is 0.656. The summed E-state index contributed by atoms with van der Waals surface area (Å²) >= 11 is 0. The van der Waals surface area contributed by atoms with Crippen LogP contribution in [0.4, 0.5) is 5.95 Å². The number of nitrogens with one attached hydrogen (secondary N) is 1. The molecule has 2 heterocycles. The molecule has 1 aliphatic carbocycles. The number of hydrogen-bond donors (Lipinski definition) is 1. The molecule has 5 nitrogen and oxygen atoms in total. The van der Waals surface area contributed by atoms with Gasteiger partial charge >= 0.3 is 0 Å². The van der Waals surface area contributed by atoms with Crippen LogP contribution in [0.1, 0.15) is 44.6 Å². The molecule has 1 N–H and O–H groups in total. The van der Waals surface area contributed by atoms with E-state index in [-0.39, 0.29) is 0 Å². The highest BCUT2D eigenvalue weighted by Gasteiger charge is 2.17. The lowest BCUT2D eigenvalue weighted by molar-refractivity contribution is 0.0378. The van der Waals surface area contributed by atoms with Gasteiger partial charge in [0.1, 0.15) is 0 Å². The second-order valence-corrected chi connectivity index (χ2v) is 6.18. The van der Waals surface area contributed by atoms with Crippen molar-refractivity contribution in [2.75, 3.05) is 44.7 Å². The van der Waals surface area contributed by atoms with E-state index in [0.29, 0.717) is 6.04 Å². The highest BCUT2D eigenvalue weighted by atomic mass is 16.5. The van der Waals surface area contributed by atoms with Crippen LogP contribution in [0.2, 0.25) is 0 Å². The van der Waals surface area contributed by atoms with Crippen LogP contribution in [-0.2, 0) is 4.74 Å². The van der Waals surface area contributed by atoms with E-state index in [9.17, 15) is 0 Å². The average Bonchev–Trinajstić information content (AvgIpc) is 3.02. The molecular weight excluding hydrogens is 264 g/mol. The van der Waals surface area contributed by atoms with Gasteiger partial charge in [0.25, 0.3) is 0 Å². The third-order valence-electron chi connectivity index (χ3n) is 4.67. The molecule has 0 bridgehead atoms. The van der Waals surface area contributed by atoms with Crippen molar-refractivity contribution in [1.29, 1.82) is 0 Å². The van der Waals surface area contributed by atoms with Gasteiger partial charge in [0.15, 0.2) is 0 Å². The van der Waals surface area contributed by atoms with Crippen molar-refractivity contribution in [3.63, 3.8) is 0 Å². The van der Waals surface area contributed by atoms with Crippen molar-refractivity contribution in [2.45, 2.75) is 44.6 Å². The van der Waals surface area contributed by atoms with Crippen LogP contribution in [0.3, 0.4) is 0 Å². The van der Waals surface area contributed by atoms with E-state index in [0.717, 1.165) is 51.8 Å². The number of aromatic nitrogens is 2. The zero-order chi connectivity index (χ0) is 14.3. The first kappa shape index (κ1) is 14.9. The van der Waals surface area contributed by atoms with Crippen molar-refractivity contribution < 1.29 is 4.74 Å². The zero-order valence-electron chi connectivity index (χ0n) is 13.0. The van der Waals surface area contributed by atoms with Crippen LogP contribution in [0.15, 0.2) is 12.4 Å². The van der Waals surface area contributed by atoms with Crippen molar-refractivity contribution >= 4 is 5.95 Å². The number of imidazole rings is 1. The number of anilines is 1. The summed E-state index contributed by atoms with van der Waals surface area (Å²) in [6.45, 7) is 6.09. The molecular formula is C16H28N4O. The molecule has 1 aromatic rings. The lowest BCUT2D eigenvalue weighted by Crippen LogP contribution is -2.37. The van der Waals surface area contributed by atoms with Gasteiger partial charge in [-0.05, 0) is 25.8 Å². The Hall–Kier alpha value is -1.07. The van der Waals surface area contributed by atoms with E-state index in [1.807, 2.05) is 6.20 Å². The zero-order valence-corrected chi connectivity index (χ0v) is 13.0. The number of nitrogens with zero attached hydrogens (tertiary/aromatic N) is 3. The van der Waals surface area contributed by atoms with Gasteiger partial charge in [-0.25, -0.2) is 4.98 Å². The highest BCUT2D eigenvalue weighted by Crippen LogP contribution is 2.30. The molecule has 5 heteroatoms. The van der Waals surface area contributed by atoms with Crippen LogP contribution in [0.25, 0.3) is 0 Å². The summed E-state index contributed by atoms with van der Waals surface area (Å²) in [7, 11) is 0. The first-order valence-corrected chi connectivity index (χ1v) is 8.50. The Bertz CT molecular complexity index is 408. The Labute approximate surface area is 127 Å². The Morgan fingerprint density at radius 1 is 1.19 bits per heavy atom. The maximum absolute atomic E-state index is 5.38. The molecule has 1 aliphatic heterocycles. The largest absolute Gasteiger partial charge is 0.379 e. The smallest absolute Gasteiger partial charge is 0.203 e. The number of ether oxygens (including phenoxy) is 1. The standard InChI is InChI=1S/C16H28N4O/c1-2-5-15(6-3-1)20-10-8-18-16(20)17-7-4-9-19-11-13-21-14-12-19/h8,10,15H,1-7,9,11-14H2,(H,17,18). The van der Waals surface area contributed by atoms with E-state index < -0.39 is 0 Å². The summed E-state index contributed by atoms with van der Waals surface area (Å²) < 4.78 is 7.73. The maximum Gasteiger partial charge on any atom is 0.203 e. The fourth-order valence-electron chi connectivity index (χ4n) is 3.43. The molecule has 1 saturated heterocycles. The second kappa shape index (κ2) is 7.80. The van der Waals surface area contributed by atoms with Gasteiger partial charge in [-0.1, -0.05) is 19.3 Å². The number of rotatable bonds is 6. The molecule has 2 aliphatic rings. The maximum atomic E-state index is 5.38. The number of morpholine rings is 1. The van der Waals surface area contributed by atoms with E-state index >= 15 is 0 Å². The minimum atomic E-state index is 0.656. The number of hydrogen-bond acceptors (Lipinski definition) is 4. The van der Waals surface area contributed by atoms with Crippen LogP contribution in [0, 0.1) is 0 Å². The monoisotopic (exact) mass is 292 g/mol. The first-order valence-electron chi connectivity index (χ1n) is 8.50. The molecule has 118 valence electrons. The Morgan fingerprint density at radius 3 is 2.81 bits per heavy atom. The molecule has 0 radical (unpaired) electrons. The van der Waals surface area contributed by atoms with Crippen molar-refractivity contribution in [1.82, 2.24) is 14.5 Å². The first-order chi connectivity index (χ1) is 10.4. The Morgan fingerprint density at radius 2 is 2.00 bits per heavy atom. The van der Waals surface area contributed by atoms with E-state index in [1.165, 1.54) is 32.1 Å². The van der Waals surface area contributed by atoms with Crippen LogP contribution in [0.5, 0.6) is 0 Å². The van der Waals surface area contributed by atoms with E-state index in [4.69, 9.17) is 4.74 Å². The molecule has 0 aromatic carbocycles. The molecule has 1 aromatic heterocycles. The van der Waals surface area contributed by atoms with Gasteiger partial charge in [0.05, 0.1) is 13.2 Å². The van der Waals surface area contributed by atoms with Crippen LogP contribution >= 0.6 is 0 Å². The van der Waals surface area contributed by atoms with Gasteiger partial charge in [-0.15, -0.1) is 0 Å². The fourth-order valence-corrected chi connectivity index (χ4v) is 3.43. The summed E-state index contributed by atoms with van der Waals surface area (Å²) in [5.74, 6) is 1.06. The van der Waals surface area contributed by atoms with Gasteiger partial charge < -0.3 is 14.6 Å². The van der Waals surface area contributed by atoms with Gasteiger partial charge in [-0.3, -0.25) is 4.90 Å². The topological polar surface area (TPSA) is 42.3 Å². The van der Waals surface area contributed by atoms with E-state index in [1.54, 1.807) is 0 Å². The SMILES string of the molecule is c1cn(C2CCCCC2)c(NCCCN2CCOCC2)n1. The fraction of sp³-hybridized carbons (Fsp3) is 0.812. The molecule has 0 atom stereocenters. The molecule has 3 rings (SSSR count). The van der Waals surface area contributed by atoms with Gasteiger partial charge in [0, 0.05) is 38.1 Å². The second-order valence-electron chi connectivity index (χ2n) is 6.18. The summed E-state index contributed by atoms with van der Waals surface area (Å²) in [4.78, 5) is 6.98. The van der Waals surface area contributed by atoms with Gasteiger partial charge in [0.2, 0.25) is 5.95 Å².